The summed E-state index contributed by atoms with van der Waals surface area (Å²) in [4.78, 5) is 24.4. The lowest BCUT2D eigenvalue weighted by molar-refractivity contribution is 0.0601. The summed E-state index contributed by atoms with van der Waals surface area (Å²) >= 11 is 0.962. The molecule has 0 amide bonds. The Kier molecular flexibility index (Phi) is 4.55. The van der Waals surface area contributed by atoms with Gasteiger partial charge >= 0.3 is 11.9 Å². The van der Waals surface area contributed by atoms with Crippen molar-refractivity contribution in [2.45, 2.75) is 11.8 Å². The number of benzene rings is 1. The van der Waals surface area contributed by atoms with Crippen LogP contribution in [0.15, 0.2) is 33.6 Å². The van der Waals surface area contributed by atoms with Gasteiger partial charge in [-0.15, -0.1) is 15.7 Å². The van der Waals surface area contributed by atoms with Crippen LogP contribution in [-0.4, -0.2) is 40.4 Å². The van der Waals surface area contributed by atoms with Gasteiger partial charge in [-0.1, -0.05) is 12.1 Å². The largest absolute Gasteiger partial charge is 0.465 e. The lowest BCUT2D eigenvalue weighted by atomic mass is 10.1. The highest BCUT2D eigenvalue weighted by Gasteiger charge is 2.31. The van der Waals surface area contributed by atoms with Crippen molar-refractivity contribution in [1.29, 1.82) is 0 Å². The molecule has 1 aromatic carbocycles. The number of carbonyl (C=O) groups excluding carboxylic acids is 2. The standard InChI is InChI=1S/C16H14N2O6S2/c1-8-11(15(19)23-2)14(25-12(8)16(20)24-3)17-13-9-6-4-5-7-10(9)26(21,22)18-13/h4-7H,1-3H3,(H,17,18). The molecule has 0 atom stereocenters. The molecule has 0 spiro atoms. The molecule has 0 bridgehead atoms. The first-order valence-corrected chi connectivity index (χ1v) is 9.57. The molecule has 136 valence electrons. The molecule has 1 N–H and O–H groups in total. The zero-order chi connectivity index (χ0) is 19.1. The van der Waals surface area contributed by atoms with Gasteiger partial charge in [0.05, 0.1) is 19.8 Å². The topological polar surface area (TPSA) is 111 Å². The normalized spacial score (nSPS) is 14.3. The Morgan fingerprint density at radius 1 is 1.12 bits per heavy atom. The molecule has 1 aliphatic rings. The molecule has 0 unspecified atom stereocenters. The molecule has 1 aliphatic heterocycles. The number of rotatable bonds is 3. The predicted octanol–water partition coefficient (Wildman–Crippen LogP) is 2.19. The van der Waals surface area contributed by atoms with Crippen molar-refractivity contribution in [2.24, 2.45) is 4.40 Å². The Morgan fingerprint density at radius 2 is 1.77 bits per heavy atom. The maximum Gasteiger partial charge on any atom is 0.348 e. The summed E-state index contributed by atoms with van der Waals surface area (Å²) in [6.07, 6.45) is 0. The van der Waals surface area contributed by atoms with E-state index in [2.05, 4.69) is 9.71 Å². The number of nitrogens with zero attached hydrogens (tertiary/aromatic N) is 1. The number of nitrogens with one attached hydrogen (secondary N) is 1. The Balaban J connectivity index is 2.11. The Hall–Kier alpha value is -2.72. The molecule has 10 heteroatoms. The van der Waals surface area contributed by atoms with Gasteiger partial charge in [-0.25, -0.2) is 9.59 Å². The third-order valence-electron chi connectivity index (χ3n) is 3.77. The minimum absolute atomic E-state index is 0.0726. The van der Waals surface area contributed by atoms with E-state index in [-0.39, 0.29) is 26.2 Å². The fourth-order valence-electron chi connectivity index (χ4n) is 2.54. The molecule has 0 saturated heterocycles. The number of ether oxygens (including phenoxy) is 2. The first-order chi connectivity index (χ1) is 12.3. The lowest BCUT2D eigenvalue weighted by Crippen LogP contribution is -2.14. The van der Waals surface area contributed by atoms with Gasteiger partial charge in [0.2, 0.25) is 0 Å². The van der Waals surface area contributed by atoms with Crippen LogP contribution in [0.1, 0.15) is 31.2 Å². The molecule has 26 heavy (non-hydrogen) atoms. The van der Waals surface area contributed by atoms with Crippen LogP contribution in [0.4, 0.5) is 5.00 Å². The number of thiophene rings is 1. The van der Waals surface area contributed by atoms with E-state index in [1.54, 1.807) is 25.1 Å². The van der Waals surface area contributed by atoms with E-state index < -0.39 is 22.0 Å². The molecule has 8 nitrogen and oxygen atoms in total. The van der Waals surface area contributed by atoms with Crippen molar-refractivity contribution in [3.8, 4) is 0 Å². The van der Waals surface area contributed by atoms with Crippen LogP contribution in [0.5, 0.6) is 0 Å². The highest BCUT2D eigenvalue weighted by Crippen LogP contribution is 2.36. The average molecular weight is 394 g/mol. The molecule has 0 saturated carbocycles. The zero-order valence-corrected chi connectivity index (χ0v) is 15.7. The molecular weight excluding hydrogens is 380 g/mol. The van der Waals surface area contributed by atoms with Gasteiger partial charge in [0.15, 0.2) is 5.84 Å². The minimum Gasteiger partial charge on any atom is -0.465 e. The summed E-state index contributed by atoms with van der Waals surface area (Å²) in [5, 5.41) is 3.11. The van der Waals surface area contributed by atoms with Crippen LogP contribution < -0.4 is 5.32 Å². The van der Waals surface area contributed by atoms with Crippen molar-refractivity contribution in [3.05, 3.63) is 45.8 Å². The fourth-order valence-corrected chi connectivity index (χ4v) is 4.83. The van der Waals surface area contributed by atoms with Crippen LogP contribution >= 0.6 is 11.3 Å². The van der Waals surface area contributed by atoms with Crippen LogP contribution in [0.2, 0.25) is 0 Å². The van der Waals surface area contributed by atoms with Gasteiger partial charge < -0.3 is 14.8 Å². The van der Waals surface area contributed by atoms with Crippen molar-refractivity contribution in [1.82, 2.24) is 0 Å². The van der Waals surface area contributed by atoms with Gasteiger partial charge in [0.25, 0.3) is 10.0 Å². The summed E-state index contributed by atoms with van der Waals surface area (Å²) < 4.78 is 37.6. The van der Waals surface area contributed by atoms with E-state index in [4.69, 9.17) is 9.47 Å². The smallest absolute Gasteiger partial charge is 0.348 e. The number of methoxy groups -OCH3 is 2. The number of hydrogen-bond acceptors (Lipinski definition) is 8. The minimum atomic E-state index is -3.82. The second-order valence-corrected chi connectivity index (χ2v) is 7.87. The van der Waals surface area contributed by atoms with Crippen LogP contribution in [0.25, 0.3) is 0 Å². The molecule has 2 heterocycles. The van der Waals surface area contributed by atoms with Crippen molar-refractivity contribution in [3.63, 3.8) is 0 Å². The summed E-state index contributed by atoms with van der Waals surface area (Å²) in [6, 6.07) is 6.33. The molecule has 0 fully saturated rings. The first-order valence-electron chi connectivity index (χ1n) is 7.31. The molecule has 2 aromatic rings. The highest BCUT2D eigenvalue weighted by atomic mass is 32.2. The predicted molar refractivity (Wildman–Crippen MR) is 95.5 cm³/mol. The van der Waals surface area contributed by atoms with Crippen LogP contribution in [0, 0.1) is 6.92 Å². The maximum atomic E-state index is 12.2. The van der Waals surface area contributed by atoms with E-state index in [1.807, 2.05) is 0 Å². The van der Waals surface area contributed by atoms with Crippen LogP contribution in [0.3, 0.4) is 0 Å². The molecular formula is C16H14N2O6S2. The van der Waals surface area contributed by atoms with E-state index in [9.17, 15) is 18.0 Å². The number of hydrogen-bond donors (Lipinski definition) is 1. The summed E-state index contributed by atoms with van der Waals surface area (Å²) in [6.45, 7) is 1.58. The molecule has 1 aromatic heterocycles. The third kappa shape index (κ3) is 2.86. The van der Waals surface area contributed by atoms with Crippen molar-refractivity contribution < 1.29 is 27.5 Å². The van der Waals surface area contributed by atoms with Gasteiger partial charge in [0.1, 0.15) is 14.8 Å². The second-order valence-electron chi connectivity index (χ2n) is 5.28. The molecule has 3 rings (SSSR count). The van der Waals surface area contributed by atoms with Crippen LogP contribution in [-0.2, 0) is 19.5 Å². The lowest BCUT2D eigenvalue weighted by Gasteiger charge is -2.07. The summed E-state index contributed by atoms with van der Waals surface area (Å²) in [7, 11) is -1.37. The Labute approximate surface area is 153 Å². The van der Waals surface area contributed by atoms with E-state index in [1.165, 1.54) is 20.3 Å². The van der Waals surface area contributed by atoms with E-state index in [0.29, 0.717) is 11.1 Å². The zero-order valence-electron chi connectivity index (χ0n) is 14.0. The number of anilines is 1. The van der Waals surface area contributed by atoms with Gasteiger partial charge in [0, 0.05) is 5.56 Å². The summed E-state index contributed by atoms with van der Waals surface area (Å²) in [5.74, 6) is -1.19. The van der Waals surface area contributed by atoms with Gasteiger partial charge in [-0.05, 0) is 24.6 Å². The number of carbonyl (C=O) groups is 2. The highest BCUT2D eigenvalue weighted by molar-refractivity contribution is 7.90. The number of sulfonamides is 1. The Morgan fingerprint density at radius 3 is 2.42 bits per heavy atom. The number of esters is 2. The van der Waals surface area contributed by atoms with Gasteiger partial charge in [-0.2, -0.15) is 8.42 Å². The number of fused-ring (bicyclic) bond motifs is 1. The van der Waals surface area contributed by atoms with Crippen molar-refractivity contribution >= 4 is 44.1 Å². The summed E-state index contributed by atoms with van der Waals surface area (Å²) in [5.41, 5.74) is 0.891. The van der Waals surface area contributed by atoms with Crippen molar-refractivity contribution in [2.75, 3.05) is 19.5 Å². The maximum absolute atomic E-state index is 12.2. The molecule has 0 aliphatic carbocycles. The quantitative estimate of drug-likeness (QED) is 0.794. The SMILES string of the molecule is COC(=O)c1sc(NC2=NS(=O)(=O)c3ccccc32)c(C(=O)OC)c1C. The third-order valence-corrected chi connectivity index (χ3v) is 6.29. The second kappa shape index (κ2) is 6.54. The average Bonchev–Trinajstić information content (AvgIpc) is 3.08. The van der Waals surface area contributed by atoms with E-state index in [0.717, 1.165) is 11.3 Å². The monoisotopic (exact) mass is 394 g/mol. The number of amidine groups is 1. The van der Waals surface area contributed by atoms with E-state index >= 15 is 0 Å². The first kappa shape index (κ1) is 18.1. The Bertz CT molecular complexity index is 1050. The fraction of sp³-hybridized carbons (Fsp3) is 0.188. The molecule has 0 radical (unpaired) electrons. The van der Waals surface area contributed by atoms with Gasteiger partial charge in [-0.3, -0.25) is 0 Å².